The molecule has 6 nitrogen and oxygen atoms in total. The Morgan fingerprint density at radius 3 is 2.80 bits per heavy atom. The van der Waals surface area contributed by atoms with Crippen LogP contribution in [0.1, 0.15) is 31.7 Å². The van der Waals surface area contributed by atoms with Crippen molar-refractivity contribution >= 4 is 11.9 Å². The van der Waals surface area contributed by atoms with Gasteiger partial charge in [-0.1, -0.05) is 6.92 Å². The van der Waals surface area contributed by atoms with Crippen LogP contribution in [-0.4, -0.2) is 52.1 Å². The molecule has 1 fully saturated rings. The van der Waals surface area contributed by atoms with E-state index < -0.39 is 5.97 Å². The number of hydrogen-bond donors (Lipinski definition) is 1. The number of likely N-dealkylation sites (tertiary alicyclic amines) is 1. The number of carbonyl (C=O) groups is 1. The summed E-state index contributed by atoms with van der Waals surface area (Å²) in [5.74, 6) is -0.437. The first-order valence-electron chi connectivity index (χ1n) is 7.08. The van der Waals surface area contributed by atoms with E-state index in [-0.39, 0.29) is 6.54 Å². The van der Waals surface area contributed by atoms with E-state index in [9.17, 15) is 4.79 Å². The Balaban J connectivity index is 1.96. The van der Waals surface area contributed by atoms with Crippen LogP contribution in [0.3, 0.4) is 0 Å². The molecular formula is C14H22N4O2. The van der Waals surface area contributed by atoms with Crippen molar-refractivity contribution in [1.82, 2.24) is 14.9 Å². The van der Waals surface area contributed by atoms with E-state index in [1.807, 2.05) is 0 Å². The maximum atomic E-state index is 10.6. The number of carboxylic acids is 1. The standard InChI is InChI=1S/C14H22N4O2/c1-3-12-5-4-6-18(12)9-11-7-15-14(16-8-11)17(2)10-13(19)20/h7-8,12H,3-6,9-10H2,1-2H3,(H,19,20)/t12-/m0/s1. The first kappa shape index (κ1) is 14.7. The Morgan fingerprint density at radius 1 is 1.50 bits per heavy atom. The Labute approximate surface area is 119 Å². The molecule has 0 spiro atoms. The zero-order valence-electron chi connectivity index (χ0n) is 12.1. The van der Waals surface area contributed by atoms with Gasteiger partial charge in [0.2, 0.25) is 5.95 Å². The summed E-state index contributed by atoms with van der Waals surface area (Å²) in [6.07, 6.45) is 7.31. The van der Waals surface area contributed by atoms with E-state index in [1.54, 1.807) is 19.4 Å². The lowest BCUT2D eigenvalue weighted by Gasteiger charge is -2.23. The van der Waals surface area contributed by atoms with Crippen molar-refractivity contribution in [3.63, 3.8) is 0 Å². The summed E-state index contributed by atoms with van der Waals surface area (Å²) in [6, 6.07) is 0.671. The van der Waals surface area contributed by atoms with Crippen molar-refractivity contribution in [1.29, 1.82) is 0 Å². The number of carboxylic acid groups (broad SMARTS) is 1. The van der Waals surface area contributed by atoms with E-state index in [2.05, 4.69) is 21.8 Å². The molecule has 0 unspecified atom stereocenters. The van der Waals surface area contributed by atoms with E-state index in [0.29, 0.717) is 12.0 Å². The molecule has 0 aliphatic carbocycles. The van der Waals surface area contributed by atoms with Gasteiger partial charge < -0.3 is 10.0 Å². The van der Waals surface area contributed by atoms with Crippen molar-refractivity contribution in [3.05, 3.63) is 18.0 Å². The molecule has 1 aromatic rings. The van der Waals surface area contributed by atoms with Crippen LogP contribution in [0.2, 0.25) is 0 Å². The number of likely N-dealkylation sites (N-methyl/N-ethyl adjacent to an activating group) is 1. The maximum absolute atomic E-state index is 10.6. The number of hydrogen-bond acceptors (Lipinski definition) is 5. The predicted molar refractivity (Wildman–Crippen MR) is 76.7 cm³/mol. The highest BCUT2D eigenvalue weighted by Gasteiger charge is 2.22. The lowest BCUT2D eigenvalue weighted by Crippen LogP contribution is -2.29. The van der Waals surface area contributed by atoms with Gasteiger partial charge in [-0.25, -0.2) is 9.97 Å². The van der Waals surface area contributed by atoms with Gasteiger partial charge in [0.05, 0.1) is 0 Å². The minimum Gasteiger partial charge on any atom is -0.480 e. The van der Waals surface area contributed by atoms with Crippen LogP contribution in [0.25, 0.3) is 0 Å². The molecule has 2 rings (SSSR count). The second-order valence-corrected chi connectivity index (χ2v) is 5.32. The number of rotatable bonds is 6. The summed E-state index contributed by atoms with van der Waals surface area (Å²) in [4.78, 5) is 23.1. The minimum absolute atomic E-state index is 0.0939. The fourth-order valence-corrected chi connectivity index (χ4v) is 2.70. The third kappa shape index (κ3) is 3.66. The Kier molecular flexibility index (Phi) is 4.89. The SMILES string of the molecule is CC[C@H]1CCCN1Cc1cnc(N(C)CC(=O)O)nc1. The average Bonchev–Trinajstić information content (AvgIpc) is 2.86. The van der Waals surface area contributed by atoms with E-state index in [4.69, 9.17) is 5.11 Å². The fraction of sp³-hybridized carbons (Fsp3) is 0.643. The Bertz CT molecular complexity index is 449. The lowest BCUT2D eigenvalue weighted by molar-refractivity contribution is -0.135. The number of aliphatic carboxylic acids is 1. The summed E-state index contributed by atoms with van der Waals surface area (Å²) in [7, 11) is 1.68. The number of aromatic nitrogens is 2. The van der Waals surface area contributed by atoms with Crippen molar-refractivity contribution in [2.45, 2.75) is 38.8 Å². The summed E-state index contributed by atoms with van der Waals surface area (Å²) in [5.41, 5.74) is 1.08. The van der Waals surface area contributed by atoms with E-state index in [1.165, 1.54) is 24.2 Å². The normalized spacial score (nSPS) is 19.2. The molecule has 0 radical (unpaired) electrons. The quantitative estimate of drug-likeness (QED) is 0.847. The molecule has 1 saturated heterocycles. The summed E-state index contributed by atoms with van der Waals surface area (Å²) >= 11 is 0. The van der Waals surface area contributed by atoms with Gasteiger partial charge in [0.25, 0.3) is 0 Å². The predicted octanol–water partition coefficient (Wildman–Crippen LogP) is 1.37. The van der Waals surface area contributed by atoms with Crippen molar-refractivity contribution in [2.24, 2.45) is 0 Å². The van der Waals surface area contributed by atoms with Crippen LogP contribution in [0.4, 0.5) is 5.95 Å². The summed E-state index contributed by atoms with van der Waals surface area (Å²) in [6.45, 7) is 4.15. The molecule has 6 heteroatoms. The molecule has 1 atom stereocenters. The van der Waals surface area contributed by atoms with Crippen LogP contribution < -0.4 is 4.90 Å². The van der Waals surface area contributed by atoms with Gasteiger partial charge in [-0.05, 0) is 25.8 Å². The molecule has 0 aromatic carbocycles. The second kappa shape index (κ2) is 6.65. The van der Waals surface area contributed by atoms with Crippen molar-refractivity contribution in [3.8, 4) is 0 Å². The van der Waals surface area contributed by atoms with E-state index in [0.717, 1.165) is 18.7 Å². The topological polar surface area (TPSA) is 69.6 Å². The van der Waals surface area contributed by atoms with Crippen molar-refractivity contribution in [2.75, 3.05) is 25.0 Å². The Morgan fingerprint density at radius 2 is 2.20 bits per heavy atom. The maximum Gasteiger partial charge on any atom is 0.323 e. The van der Waals surface area contributed by atoms with E-state index >= 15 is 0 Å². The molecule has 1 aromatic heterocycles. The molecule has 1 aliphatic rings. The molecule has 0 saturated carbocycles. The van der Waals surface area contributed by atoms with Crippen LogP contribution in [0, 0.1) is 0 Å². The highest BCUT2D eigenvalue weighted by atomic mass is 16.4. The highest BCUT2D eigenvalue weighted by molar-refractivity contribution is 5.72. The van der Waals surface area contributed by atoms with Crippen LogP contribution in [0.5, 0.6) is 0 Å². The van der Waals surface area contributed by atoms with Gasteiger partial charge in [0, 0.05) is 37.6 Å². The average molecular weight is 278 g/mol. The second-order valence-electron chi connectivity index (χ2n) is 5.32. The zero-order valence-corrected chi connectivity index (χ0v) is 12.1. The third-order valence-electron chi connectivity index (χ3n) is 3.76. The number of nitrogens with zero attached hydrogens (tertiary/aromatic N) is 4. The van der Waals surface area contributed by atoms with Crippen molar-refractivity contribution < 1.29 is 9.90 Å². The van der Waals surface area contributed by atoms with Gasteiger partial charge in [0.15, 0.2) is 0 Å². The highest BCUT2D eigenvalue weighted by Crippen LogP contribution is 2.21. The first-order chi connectivity index (χ1) is 9.60. The third-order valence-corrected chi connectivity index (χ3v) is 3.76. The monoisotopic (exact) mass is 278 g/mol. The summed E-state index contributed by atoms with van der Waals surface area (Å²) < 4.78 is 0. The fourth-order valence-electron chi connectivity index (χ4n) is 2.70. The molecular weight excluding hydrogens is 256 g/mol. The van der Waals surface area contributed by atoms with Crippen LogP contribution in [0.15, 0.2) is 12.4 Å². The smallest absolute Gasteiger partial charge is 0.323 e. The van der Waals surface area contributed by atoms with Gasteiger partial charge in [0.1, 0.15) is 6.54 Å². The van der Waals surface area contributed by atoms with Gasteiger partial charge in [-0.3, -0.25) is 9.69 Å². The minimum atomic E-state index is -0.886. The van der Waals surface area contributed by atoms with Crippen LogP contribution >= 0.6 is 0 Å². The zero-order chi connectivity index (χ0) is 14.5. The van der Waals surface area contributed by atoms with Crippen LogP contribution in [-0.2, 0) is 11.3 Å². The van der Waals surface area contributed by atoms with Gasteiger partial charge in [-0.15, -0.1) is 0 Å². The molecule has 110 valence electrons. The Hall–Kier alpha value is -1.69. The van der Waals surface area contributed by atoms with Gasteiger partial charge >= 0.3 is 5.97 Å². The molecule has 0 amide bonds. The first-order valence-corrected chi connectivity index (χ1v) is 7.08. The lowest BCUT2D eigenvalue weighted by atomic mass is 10.1. The van der Waals surface area contributed by atoms with Gasteiger partial charge in [-0.2, -0.15) is 0 Å². The molecule has 0 bridgehead atoms. The molecule has 2 heterocycles. The molecule has 1 N–H and O–H groups in total. The number of anilines is 1. The molecule has 20 heavy (non-hydrogen) atoms. The molecule has 1 aliphatic heterocycles. The summed E-state index contributed by atoms with van der Waals surface area (Å²) in [5, 5.41) is 8.74. The largest absolute Gasteiger partial charge is 0.480 e.